The van der Waals surface area contributed by atoms with Crippen LogP contribution in [0.5, 0.6) is 5.75 Å². The lowest BCUT2D eigenvalue weighted by Crippen LogP contribution is -2.46. The molecule has 0 aliphatic carbocycles. The smallest absolute Gasteiger partial charge is 0.240 e. The molecule has 1 saturated heterocycles. The van der Waals surface area contributed by atoms with Crippen molar-refractivity contribution in [2.45, 2.75) is 30.7 Å². The number of rotatable bonds is 6. The third-order valence-corrected chi connectivity index (χ3v) is 5.48. The number of methoxy groups -OCH3 is 1. The molecule has 0 radical (unpaired) electrons. The molecule has 23 heavy (non-hydrogen) atoms. The summed E-state index contributed by atoms with van der Waals surface area (Å²) in [6.45, 7) is 3.33. The monoisotopic (exact) mass is 341 g/mol. The molecule has 128 valence electrons. The Kier molecular flexibility index (Phi) is 5.61. The number of ether oxygens (including phenoxy) is 1. The van der Waals surface area contributed by atoms with Crippen molar-refractivity contribution in [2.24, 2.45) is 5.73 Å². The SMILES string of the molecule is COc1ccc(S(=O)(=O)NC2CCN(CC(N)=O)CC2)cc1C. The Morgan fingerprint density at radius 1 is 1.39 bits per heavy atom. The molecule has 1 fully saturated rings. The largest absolute Gasteiger partial charge is 0.496 e. The van der Waals surface area contributed by atoms with Crippen molar-refractivity contribution in [3.05, 3.63) is 23.8 Å². The van der Waals surface area contributed by atoms with Crippen LogP contribution >= 0.6 is 0 Å². The van der Waals surface area contributed by atoms with E-state index in [2.05, 4.69) is 4.72 Å². The summed E-state index contributed by atoms with van der Waals surface area (Å²) in [5.41, 5.74) is 5.94. The van der Waals surface area contributed by atoms with Gasteiger partial charge < -0.3 is 10.5 Å². The predicted octanol–water partition coefficient (Wildman–Crippen LogP) is 0.232. The number of benzene rings is 1. The molecule has 1 aliphatic heterocycles. The highest BCUT2D eigenvalue weighted by Crippen LogP contribution is 2.22. The Balaban J connectivity index is 1.99. The van der Waals surface area contributed by atoms with Gasteiger partial charge in [-0.05, 0) is 43.5 Å². The zero-order valence-corrected chi connectivity index (χ0v) is 14.2. The lowest BCUT2D eigenvalue weighted by molar-refractivity contribution is -0.119. The summed E-state index contributed by atoms with van der Waals surface area (Å²) in [5.74, 6) is 0.293. The van der Waals surface area contributed by atoms with Gasteiger partial charge in [-0.1, -0.05) is 0 Å². The van der Waals surface area contributed by atoms with Crippen LogP contribution in [0, 0.1) is 6.92 Å². The molecule has 1 amide bonds. The second kappa shape index (κ2) is 7.29. The first-order valence-corrected chi connectivity index (χ1v) is 8.98. The number of carbonyl (C=O) groups excluding carboxylic acids is 1. The number of carbonyl (C=O) groups is 1. The van der Waals surface area contributed by atoms with E-state index in [1.807, 2.05) is 4.90 Å². The fraction of sp³-hybridized carbons (Fsp3) is 0.533. The van der Waals surface area contributed by atoms with Crippen LogP contribution in [0.25, 0.3) is 0 Å². The van der Waals surface area contributed by atoms with Crippen LogP contribution in [-0.2, 0) is 14.8 Å². The summed E-state index contributed by atoms with van der Waals surface area (Å²) in [6.07, 6.45) is 1.31. The van der Waals surface area contributed by atoms with Gasteiger partial charge >= 0.3 is 0 Å². The maximum atomic E-state index is 12.5. The fourth-order valence-corrected chi connectivity index (χ4v) is 4.12. The Hall–Kier alpha value is -1.64. The molecule has 1 heterocycles. The van der Waals surface area contributed by atoms with E-state index >= 15 is 0 Å². The Morgan fingerprint density at radius 2 is 2.04 bits per heavy atom. The molecule has 0 atom stereocenters. The zero-order chi connectivity index (χ0) is 17.0. The van der Waals surface area contributed by atoms with Gasteiger partial charge in [0.1, 0.15) is 5.75 Å². The maximum Gasteiger partial charge on any atom is 0.240 e. The molecule has 0 bridgehead atoms. The van der Waals surface area contributed by atoms with E-state index in [1.165, 1.54) is 6.07 Å². The molecule has 1 aromatic carbocycles. The molecule has 2 rings (SSSR count). The Bertz CT molecular complexity index is 667. The number of hydrogen-bond acceptors (Lipinski definition) is 5. The summed E-state index contributed by atoms with van der Waals surface area (Å²) in [7, 11) is -2.01. The molecule has 0 saturated carbocycles. The number of likely N-dealkylation sites (tertiary alicyclic amines) is 1. The van der Waals surface area contributed by atoms with E-state index in [9.17, 15) is 13.2 Å². The van der Waals surface area contributed by atoms with E-state index < -0.39 is 10.0 Å². The van der Waals surface area contributed by atoms with Crippen LogP contribution in [0.3, 0.4) is 0 Å². The number of nitrogens with two attached hydrogens (primary N) is 1. The molecule has 1 aliphatic rings. The van der Waals surface area contributed by atoms with Crippen molar-refractivity contribution in [1.29, 1.82) is 0 Å². The van der Waals surface area contributed by atoms with E-state index in [0.29, 0.717) is 31.7 Å². The summed E-state index contributed by atoms with van der Waals surface area (Å²) < 4.78 is 32.8. The highest BCUT2D eigenvalue weighted by Gasteiger charge is 2.25. The van der Waals surface area contributed by atoms with Gasteiger partial charge in [0.15, 0.2) is 0 Å². The highest BCUT2D eigenvalue weighted by atomic mass is 32.2. The van der Waals surface area contributed by atoms with Gasteiger partial charge in [-0.25, -0.2) is 13.1 Å². The van der Waals surface area contributed by atoms with Crippen LogP contribution in [0.4, 0.5) is 0 Å². The second-order valence-corrected chi connectivity index (χ2v) is 7.48. The topological polar surface area (TPSA) is 102 Å². The predicted molar refractivity (Wildman–Crippen MR) is 86.7 cm³/mol. The fourth-order valence-electron chi connectivity index (χ4n) is 2.73. The highest BCUT2D eigenvalue weighted by molar-refractivity contribution is 7.89. The van der Waals surface area contributed by atoms with Gasteiger partial charge in [0.25, 0.3) is 0 Å². The second-order valence-electron chi connectivity index (χ2n) is 5.77. The van der Waals surface area contributed by atoms with Gasteiger partial charge in [-0.2, -0.15) is 0 Å². The van der Waals surface area contributed by atoms with Gasteiger partial charge in [-0.15, -0.1) is 0 Å². The number of hydrogen-bond donors (Lipinski definition) is 2. The molecular weight excluding hydrogens is 318 g/mol. The van der Waals surface area contributed by atoms with Gasteiger partial charge in [0.05, 0.1) is 18.6 Å². The zero-order valence-electron chi connectivity index (χ0n) is 13.4. The number of piperidine rings is 1. The van der Waals surface area contributed by atoms with Crippen LogP contribution in [-0.4, -0.2) is 52.0 Å². The van der Waals surface area contributed by atoms with Crippen LogP contribution in [0.15, 0.2) is 23.1 Å². The standard InChI is InChI=1S/C15H23N3O4S/c1-11-9-13(3-4-14(11)22-2)23(20,21)17-12-5-7-18(8-6-12)10-15(16)19/h3-4,9,12,17H,5-8,10H2,1-2H3,(H2,16,19). The van der Waals surface area contributed by atoms with Crippen LogP contribution in [0.2, 0.25) is 0 Å². The molecule has 0 aromatic heterocycles. The van der Waals surface area contributed by atoms with E-state index in [4.69, 9.17) is 10.5 Å². The van der Waals surface area contributed by atoms with Crippen molar-refractivity contribution in [2.75, 3.05) is 26.7 Å². The van der Waals surface area contributed by atoms with Crippen molar-refractivity contribution in [3.8, 4) is 5.75 Å². The van der Waals surface area contributed by atoms with E-state index in [-0.39, 0.29) is 23.4 Å². The summed E-state index contributed by atoms with van der Waals surface area (Å²) in [5, 5.41) is 0. The van der Waals surface area contributed by atoms with Crippen LogP contribution in [0.1, 0.15) is 18.4 Å². The van der Waals surface area contributed by atoms with E-state index in [0.717, 1.165) is 5.56 Å². The number of primary amides is 1. The summed E-state index contributed by atoms with van der Waals surface area (Å²) in [6, 6.07) is 4.66. The molecule has 3 N–H and O–H groups in total. The number of sulfonamides is 1. The van der Waals surface area contributed by atoms with Crippen molar-refractivity contribution < 1.29 is 17.9 Å². The Labute approximate surface area is 136 Å². The first-order valence-electron chi connectivity index (χ1n) is 7.49. The van der Waals surface area contributed by atoms with Crippen molar-refractivity contribution in [1.82, 2.24) is 9.62 Å². The van der Waals surface area contributed by atoms with E-state index in [1.54, 1.807) is 26.2 Å². The number of amides is 1. The number of aryl methyl sites for hydroxylation is 1. The van der Waals surface area contributed by atoms with Crippen LogP contribution < -0.4 is 15.2 Å². The van der Waals surface area contributed by atoms with Crippen molar-refractivity contribution in [3.63, 3.8) is 0 Å². The lowest BCUT2D eigenvalue weighted by atomic mass is 10.1. The minimum atomic E-state index is -3.56. The van der Waals surface area contributed by atoms with Gasteiger partial charge in [0.2, 0.25) is 15.9 Å². The van der Waals surface area contributed by atoms with Gasteiger partial charge in [-0.3, -0.25) is 9.69 Å². The minimum Gasteiger partial charge on any atom is -0.496 e. The number of nitrogens with one attached hydrogen (secondary N) is 1. The maximum absolute atomic E-state index is 12.5. The molecular formula is C15H23N3O4S. The average molecular weight is 341 g/mol. The third kappa shape index (κ3) is 4.66. The molecule has 8 heteroatoms. The first kappa shape index (κ1) is 17.7. The quantitative estimate of drug-likeness (QED) is 0.771. The lowest BCUT2D eigenvalue weighted by Gasteiger charge is -2.31. The minimum absolute atomic E-state index is 0.133. The van der Waals surface area contributed by atoms with Crippen molar-refractivity contribution >= 4 is 15.9 Å². The molecule has 1 aromatic rings. The average Bonchev–Trinajstić information content (AvgIpc) is 2.48. The first-order chi connectivity index (χ1) is 10.8. The molecule has 7 nitrogen and oxygen atoms in total. The van der Waals surface area contributed by atoms with Gasteiger partial charge in [0, 0.05) is 19.1 Å². The molecule has 0 unspecified atom stereocenters. The molecule has 0 spiro atoms. The summed E-state index contributed by atoms with van der Waals surface area (Å²) in [4.78, 5) is 13.1. The third-order valence-electron chi connectivity index (χ3n) is 3.97. The normalized spacial score (nSPS) is 17.1. The summed E-state index contributed by atoms with van der Waals surface area (Å²) >= 11 is 0. The number of nitrogens with zero attached hydrogens (tertiary/aromatic N) is 1. The Morgan fingerprint density at radius 3 is 2.57 bits per heavy atom.